The van der Waals surface area contributed by atoms with E-state index < -0.39 is 0 Å². The summed E-state index contributed by atoms with van der Waals surface area (Å²) in [6, 6.07) is 5.74. The maximum atomic E-state index is 5.59. The van der Waals surface area contributed by atoms with E-state index in [0.29, 0.717) is 17.3 Å². The number of imidazole rings is 1. The topological polar surface area (TPSA) is 65.6 Å². The predicted molar refractivity (Wildman–Crippen MR) is 107 cm³/mol. The molecule has 0 amide bonds. The Labute approximate surface area is 158 Å². The van der Waals surface area contributed by atoms with Crippen LogP contribution in [-0.4, -0.2) is 38.4 Å². The molecule has 6 nitrogen and oxygen atoms in total. The molecule has 2 aromatic carbocycles. The fourth-order valence-corrected chi connectivity index (χ4v) is 3.14. The van der Waals surface area contributed by atoms with Gasteiger partial charge in [-0.2, -0.15) is 0 Å². The van der Waals surface area contributed by atoms with Crippen molar-refractivity contribution in [3.05, 3.63) is 40.7 Å². The molecule has 0 atom stereocenters. The normalized spacial score (nSPS) is 11.2. The lowest BCUT2D eigenvalue weighted by Crippen LogP contribution is -1.96. The second kappa shape index (κ2) is 7.61. The molecule has 1 heterocycles. The van der Waals surface area contributed by atoms with Gasteiger partial charge in [0.2, 0.25) is 0 Å². The van der Waals surface area contributed by atoms with Gasteiger partial charge in [0.05, 0.1) is 28.4 Å². The van der Waals surface area contributed by atoms with Gasteiger partial charge in [0.1, 0.15) is 28.4 Å². The van der Waals surface area contributed by atoms with Crippen LogP contribution in [0.1, 0.15) is 22.5 Å². The number of nitrogens with one attached hydrogen (secondary N) is 1. The standard InChI is InChI=1S/C21H24N2O4/c1-12-13(2)21(27-6)19-18(20(12)26-5)22-17(23-19)10-8-14-7-9-15(24-3)16(11-14)25-4/h7-11H,1-6H3,(H,22,23)/b10-8+. The summed E-state index contributed by atoms with van der Waals surface area (Å²) in [7, 11) is 6.55. The second-order valence-electron chi connectivity index (χ2n) is 6.11. The summed E-state index contributed by atoms with van der Waals surface area (Å²) >= 11 is 0. The van der Waals surface area contributed by atoms with Crippen LogP contribution >= 0.6 is 0 Å². The van der Waals surface area contributed by atoms with Gasteiger partial charge in [-0.25, -0.2) is 4.98 Å². The molecule has 6 heteroatoms. The van der Waals surface area contributed by atoms with Gasteiger partial charge in [0, 0.05) is 5.56 Å². The highest BCUT2D eigenvalue weighted by atomic mass is 16.5. The molecule has 0 fully saturated rings. The summed E-state index contributed by atoms with van der Waals surface area (Å²) < 4.78 is 21.8. The molecule has 0 aliphatic heterocycles. The number of fused-ring (bicyclic) bond motifs is 1. The number of nitrogens with zero attached hydrogens (tertiary/aromatic N) is 1. The minimum absolute atomic E-state index is 0.679. The van der Waals surface area contributed by atoms with E-state index in [9.17, 15) is 0 Å². The van der Waals surface area contributed by atoms with E-state index in [1.54, 1.807) is 28.4 Å². The molecule has 27 heavy (non-hydrogen) atoms. The Kier molecular flexibility index (Phi) is 5.26. The van der Waals surface area contributed by atoms with Crippen molar-refractivity contribution in [3.63, 3.8) is 0 Å². The first-order valence-corrected chi connectivity index (χ1v) is 8.55. The first kappa shape index (κ1) is 18.6. The highest BCUT2D eigenvalue weighted by Crippen LogP contribution is 2.38. The van der Waals surface area contributed by atoms with Crippen LogP contribution in [0.15, 0.2) is 18.2 Å². The average molecular weight is 368 g/mol. The molecular formula is C21H24N2O4. The van der Waals surface area contributed by atoms with E-state index in [1.807, 2.05) is 44.2 Å². The van der Waals surface area contributed by atoms with E-state index in [-0.39, 0.29) is 0 Å². The van der Waals surface area contributed by atoms with Crippen LogP contribution in [0.5, 0.6) is 23.0 Å². The van der Waals surface area contributed by atoms with Gasteiger partial charge in [0.15, 0.2) is 11.5 Å². The van der Waals surface area contributed by atoms with Gasteiger partial charge in [-0.1, -0.05) is 12.1 Å². The minimum Gasteiger partial charge on any atom is -0.494 e. The number of H-pyrrole nitrogens is 1. The van der Waals surface area contributed by atoms with E-state index in [4.69, 9.17) is 18.9 Å². The monoisotopic (exact) mass is 368 g/mol. The summed E-state index contributed by atoms with van der Waals surface area (Å²) in [5.41, 5.74) is 4.60. The lowest BCUT2D eigenvalue weighted by atomic mass is 10.1. The van der Waals surface area contributed by atoms with Gasteiger partial charge in [-0.3, -0.25) is 0 Å². The van der Waals surface area contributed by atoms with Gasteiger partial charge >= 0.3 is 0 Å². The Morgan fingerprint density at radius 2 is 1.48 bits per heavy atom. The summed E-state index contributed by atoms with van der Waals surface area (Å²) in [5.74, 6) is 3.62. The maximum absolute atomic E-state index is 5.59. The van der Waals surface area contributed by atoms with E-state index in [0.717, 1.165) is 39.2 Å². The first-order valence-electron chi connectivity index (χ1n) is 8.55. The highest BCUT2D eigenvalue weighted by molar-refractivity contribution is 5.92. The summed E-state index contributed by atoms with van der Waals surface area (Å²) in [6.07, 6.45) is 3.86. The van der Waals surface area contributed by atoms with Gasteiger partial charge < -0.3 is 23.9 Å². The lowest BCUT2D eigenvalue weighted by molar-refractivity contribution is 0.355. The van der Waals surface area contributed by atoms with Gasteiger partial charge in [0.25, 0.3) is 0 Å². The predicted octanol–water partition coefficient (Wildman–Crippen LogP) is 4.38. The number of benzene rings is 2. The van der Waals surface area contributed by atoms with Crippen molar-refractivity contribution in [1.82, 2.24) is 9.97 Å². The van der Waals surface area contributed by atoms with Crippen LogP contribution in [0, 0.1) is 13.8 Å². The Hall–Kier alpha value is -3.15. The van der Waals surface area contributed by atoms with Gasteiger partial charge in [-0.05, 0) is 43.2 Å². The van der Waals surface area contributed by atoms with Crippen LogP contribution in [0.25, 0.3) is 23.2 Å². The molecule has 142 valence electrons. The smallest absolute Gasteiger partial charge is 0.161 e. The molecule has 0 bridgehead atoms. The van der Waals surface area contributed by atoms with Crippen LogP contribution in [0.3, 0.4) is 0 Å². The number of rotatable bonds is 6. The van der Waals surface area contributed by atoms with Crippen molar-refractivity contribution in [2.24, 2.45) is 0 Å². The molecule has 3 rings (SSSR count). The fourth-order valence-electron chi connectivity index (χ4n) is 3.14. The quantitative estimate of drug-likeness (QED) is 0.699. The molecule has 1 aromatic heterocycles. The molecule has 0 aliphatic carbocycles. The number of aromatic amines is 1. The zero-order valence-corrected chi connectivity index (χ0v) is 16.5. The molecule has 0 spiro atoms. The highest BCUT2D eigenvalue weighted by Gasteiger charge is 2.18. The SMILES string of the molecule is COc1ccc(/C=C/c2nc3c(OC)c(C)c(C)c(OC)c3[nH]2)cc1OC. The molecule has 1 N–H and O–H groups in total. The second-order valence-corrected chi connectivity index (χ2v) is 6.11. The Bertz CT molecular complexity index is 958. The van der Waals surface area contributed by atoms with Gasteiger partial charge in [-0.15, -0.1) is 0 Å². The molecule has 0 unspecified atom stereocenters. The molecule has 0 saturated carbocycles. The zero-order valence-electron chi connectivity index (χ0n) is 16.5. The number of methoxy groups -OCH3 is 4. The molecular weight excluding hydrogens is 344 g/mol. The Morgan fingerprint density at radius 1 is 0.815 bits per heavy atom. The van der Waals surface area contributed by atoms with Crippen molar-refractivity contribution >= 4 is 23.2 Å². The van der Waals surface area contributed by atoms with Crippen molar-refractivity contribution < 1.29 is 18.9 Å². The third-order valence-corrected chi connectivity index (χ3v) is 4.66. The molecule has 0 aliphatic rings. The molecule has 0 radical (unpaired) electrons. The van der Waals surface area contributed by atoms with Crippen LogP contribution in [0.2, 0.25) is 0 Å². The zero-order chi connectivity index (χ0) is 19.6. The van der Waals surface area contributed by atoms with Crippen molar-refractivity contribution in [2.45, 2.75) is 13.8 Å². The lowest BCUT2D eigenvalue weighted by Gasteiger charge is -2.12. The number of ether oxygens (including phenoxy) is 4. The fraction of sp³-hybridized carbons (Fsp3) is 0.286. The summed E-state index contributed by atoms with van der Waals surface area (Å²) in [4.78, 5) is 8.00. The third-order valence-electron chi connectivity index (χ3n) is 4.66. The van der Waals surface area contributed by atoms with Crippen LogP contribution in [-0.2, 0) is 0 Å². The van der Waals surface area contributed by atoms with Crippen LogP contribution in [0.4, 0.5) is 0 Å². The summed E-state index contributed by atoms with van der Waals surface area (Å²) in [5, 5.41) is 0. The van der Waals surface area contributed by atoms with E-state index in [2.05, 4.69) is 9.97 Å². The van der Waals surface area contributed by atoms with Crippen molar-refractivity contribution in [2.75, 3.05) is 28.4 Å². The first-order chi connectivity index (χ1) is 13.0. The number of aromatic nitrogens is 2. The minimum atomic E-state index is 0.679. The largest absolute Gasteiger partial charge is 0.494 e. The third kappa shape index (κ3) is 3.30. The Morgan fingerprint density at radius 3 is 2.11 bits per heavy atom. The van der Waals surface area contributed by atoms with Crippen LogP contribution < -0.4 is 18.9 Å². The average Bonchev–Trinajstić information content (AvgIpc) is 3.10. The van der Waals surface area contributed by atoms with E-state index >= 15 is 0 Å². The number of hydrogen-bond donors (Lipinski definition) is 1. The maximum Gasteiger partial charge on any atom is 0.161 e. The van der Waals surface area contributed by atoms with Crippen molar-refractivity contribution in [1.29, 1.82) is 0 Å². The Balaban J connectivity index is 2.04. The number of hydrogen-bond acceptors (Lipinski definition) is 5. The van der Waals surface area contributed by atoms with Crippen molar-refractivity contribution in [3.8, 4) is 23.0 Å². The van der Waals surface area contributed by atoms with E-state index in [1.165, 1.54) is 0 Å². The molecule has 3 aromatic rings. The summed E-state index contributed by atoms with van der Waals surface area (Å²) in [6.45, 7) is 4.01. The molecule has 0 saturated heterocycles.